The molecule has 2 aromatic carbocycles. The summed E-state index contributed by atoms with van der Waals surface area (Å²) in [5.41, 5.74) is 4.68. The maximum atomic E-state index is 13.2. The summed E-state index contributed by atoms with van der Waals surface area (Å²) in [7, 11) is 1.75. The Bertz CT molecular complexity index is 1240. The number of benzene rings is 2. The van der Waals surface area contributed by atoms with Crippen molar-refractivity contribution in [2.45, 2.75) is 45.8 Å². The fourth-order valence-electron chi connectivity index (χ4n) is 4.74. The van der Waals surface area contributed by atoms with Crippen LogP contribution in [-0.2, 0) is 17.8 Å². The van der Waals surface area contributed by atoms with Crippen LogP contribution < -0.4 is 4.74 Å². The second-order valence-electron chi connectivity index (χ2n) is 9.61. The molecule has 1 aliphatic carbocycles. The third-order valence-corrected chi connectivity index (χ3v) is 6.99. The van der Waals surface area contributed by atoms with E-state index in [2.05, 4.69) is 48.2 Å². The largest absolute Gasteiger partial charge is 0.486 e. The summed E-state index contributed by atoms with van der Waals surface area (Å²) in [5.74, 6) is 1.92. The second kappa shape index (κ2) is 9.61. The first-order chi connectivity index (χ1) is 16.9. The van der Waals surface area contributed by atoms with E-state index in [1.54, 1.807) is 24.1 Å². The zero-order valence-electron chi connectivity index (χ0n) is 20.6. The number of fused-ring (bicyclic) bond motifs is 1. The van der Waals surface area contributed by atoms with Crippen molar-refractivity contribution in [1.82, 2.24) is 9.80 Å². The summed E-state index contributed by atoms with van der Waals surface area (Å²) in [6.07, 6.45) is 2.83. The number of carbonyl (C=O) groups is 2. The van der Waals surface area contributed by atoms with Crippen molar-refractivity contribution in [3.8, 4) is 5.75 Å². The molecule has 6 heteroatoms. The molecule has 5 rings (SSSR count). The molecule has 0 unspecified atom stereocenters. The Morgan fingerprint density at radius 2 is 1.94 bits per heavy atom. The van der Waals surface area contributed by atoms with E-state index in [0.717, 1.165) is 42.7 Å². The number of rotatable bonds is 7. The highest BCUT2D eigenvalue weighted by atomic mass is 16.5. The van der Waals surface area contributed by atoms with Crippen LogP contribution in [0.3, 0.4) is 0 Å². The third-order valence-electron chi connectivity index (χ3n) is 6.99. The number of hydrogen-bond donors (Lipinski definition) is 0. The van der Waals surface area contributed by atoms with Crippen LogP contribution in [0.2, 0.25) is 0 Å². The van der Waals surface area contributed by atoms with Gasteiger partial charge < -0.3 is 19.0 Å². The Balaban J connectivity index is 1.40. The lowest BCUT2D eigenvalue weighted by Gasteiger charge is -2.38. The lowest BCUT2D eigenvalue weighted by Crippen LogP contribution is -2.41. The molecule has 1 saturated carbocycles. The predicted octanol–water partition coefficient (Wildman–Crippen LogP) is 5.14. The lowest BCUT2D eigenvalue weighted by atomic mass is 9.87. The van der Waals surface area contributed by atoms with Crippen LogP contribution in [0.25, 0.3) is 0 Å². The van der Waals surface area contributed by atoms with E-state index >= 15 is 0 Å². The van der Waals surface area contributed by atoms with Crippen LogP contribution in [0.4, 0.5) is 0 Å². The highest BCUT2D eigenvalue weighted by molar-refractivity contribution is 5.91. The fourth-order valence-corrected chi connectivity index (χ4v) is 4.74. The molecule has 0 bridgehead atoms. The zero-order chi connectivity index (χ0) is 24.5. The molecule has 1 atom stereocenters. The number of amides is 2. The topological polar surface area (TPSA) is 63.0 Å². The summed E-state index contributed by atoms with van der Waals surface area (Å²) < 4.78 is 11.8. The average molecular weight is 473 g/mol. The van der Waals surface area contributed by atoms with Crippen molar-refractivity contribution in [3.63, 3.8) is 0 Å². The molecule has 2 aliphatic rings. The number of aryl methyl sites for hydroxylation is 1. The minimum atomic E-state index is -0.144. The van der Waals surface area contributed by atoms with Gasteiger partial charge in [-0.3, -0.25) is 9.59 Å². The number of nitrogens with zero attached hydrogens (tertiary/aromatic N) is 2. The van der Waals surface area contributed by atoms with Gasteiger partial charge in [0.1, 0.15) is 18.1 Å². The minimum Gasteiger partial charge on any atom is -0.486 e. The van der Waals surface area contributed by atoms with Crippen LogP contribution in [0, 0.1) is 12.8 Å². The molecule has 35 heavy (non-hydrogen) atoms. The molecular weight excluding hydrogens is 440 g/mol. The fraction of sp³-hybridized carbons (Fsp3) is 0.379. The van der Waals surface area contributed by atoms with Crippen LogP contribution in [0.5, 0.6) is 5.75 Å². The minimum absolute atomic E-state index is 0.118. The van der Waals surface area contributed by atoms with Crippen molar-refractivity contribution in [3.05, 3.63) is 88.4 Å². The molecule has 3 aromatic rings. The van der Waals surface area contributed by atoms with E-state index in [4.69, 9.17) is 9.15 Å². The second-order valence-corrected chi connectivity index (χ2v) is 9.61. The van der Waals surface area contributed by atoms with Gasteiger partial charge in [0.25, 0.3) is 5.91 Å². The number of ether oxygens (including phenoxy) is 1. The molecule has 0 N–H and O–H groups in total. The summed E-state index contributed by atoms with van der Waals surface area (Å²) in [4.78, 5) is 29.2. The first-order valence-electron chi connectivity index (χ1n) is 12.4. The summed E-state index contributed by atoms with van der Waals surface area (Å²) >= 11 is 0. The Morgan fingerprint density at radius 1 is 1.11 bits per heavy atom. The third kappa shape index (κ3) is 4.83. The van der Waals surface area contributed by atoms with Crippen LogP contribution in [0.1, 0.15) is 64.4 Å². The van der Waals surface area contributed by atoms with Crippen LogP contribution in [-0.4, -0.2) is 41.8 Å². The molecule has 0 radical (unpaired) electrons. The molecule has 182 valence electrons. The van der Waals surface area contributed by atoms with Crippen LogP contribution >= 0.6 is 0 Å². The monoisotopic (exact) mass is 472 g/mol. The van der Waals surface area contributed by atoms with E-state index in [-0.39, 0.29) is 30.4 Å². The van der Waals surface area contributed by atoms with Gasteiger partial charge in [-0.2, -0.15) is 0 Å². The summed E-state index contributed by atoms with van der Waals surface area (Å²) in [6, 6.07) is 17.9. The average Bonchev–Trinajstić information content (AvgIpc) is 3.62. The molecule has 1 aromatic heterocycles. The van der Waals surface area contributed by atoms with Crippen molar-refractivity contribution in [1.29, 1.82) is 0 Å². The van der Waals surface area contributed by atoms with Gasteiger partial charge in [0.2, 0.25) is 5.91 Å². The highest BCUT2D eigenvalue weighted by Gasteiger charge is 2.39. The maximum Gasteiger partial charge on any atom is 0.289 e. The van der Waals surface area contributed by atoms with E-state index in [0.29, 0.717) is 18.1 Å². The smallest absolute Gasteiger partial charge is 0.289 e. The van der Waals surface area contributed by atoms with Gasteiger partial charge in [-0.1, -0.05) is 35.9 Å². The normalized spacial score (nSPS) is 17.1. The van der Waals surface area contributed by atoms with E-state index in [1.807, 2.05) is 13.0 Å². The van der Waals surface area contributed by atoms with Gasteiger partial charge in [-0.05, 0) is 74.1 Å². The molecule has 2 amide bonds. The van der Waals surface area contributed by atoms with Gasteiger partial charge in [0, 0.05) is 26.1 Å². The van der Waals surface area contributed by atoms with Gasteiger partial charge in [0.05, 0.1) is 6.04 Å². The van der Waals surface area contributed by atoms with Gasteiger partial charge >= 0.3 is 0 Å². The highest BCUT2D eigenvalue weighted by Crippen LogP contribution is 2.41. The first-order valence-corrected chi connectivity index (χ1v) is 12.4. The summed E-state index contributed by atoms with van der Waals surface area (Å²) in [6.45, 7) is 5.58. The Kier molecular flexibility index (Phi) is 6.37. The number of furan rings is 1. The molecule has 6 nitrogen and oxygen atoms in total. The van der Waals surface area contributed by atoms with Crippen molar-refractivity contribution in [2.24, 2.45) is 5.92 Å². The quantitative estimate of drug-likeness (QED) is 0.478. The molecule has 1 aliphatic heterocycles. The van der Waals surface area contributed by atoms with Crippen molar-refractivity contribution < 1.29 is 18.7 Å². The Morgan fingerprint density at radius 3 is 2.69 bits per heavy atom. The van der Waals surface area contributed by atoms with Gasteiger partial charge in [-0.15, -0.1) is 0 Å². The van der Waals surface area contributed by atoms with Gasteiger partial charge in [-0.25, -0.2) is 0 Å². The Hall–Kier alpha value is -3.54. The molecule has 2 heterocycles. The maximum absolute atomic E-state index is 13.2. The molecular formula is C29H32N2O4. The van der Waals surface area contributed by atoms with Gasteiger partial charge in [0.15, 0.2) is 5.76 Å². The Labute approximate surface area is 206 Å². The molecule has 1 fully saturated rings. The van der Waals surface area contributed by atoms with E-state index in [9.17, 15) is 9.59 Å². The zero-order valence-corrected chi connectivity index (χ0v) is 20.6. The predicted molar refractivity (Wildman–Crippen MR) is 133 cm³/mol. The molecule has 0 saturated heterocycles. The number of carbonyl (C=O) groups excluding carboxylic acids is 2. The van der Waals surface area contributed by atoms with Crippen molar-refractivity contribution in [2.75, 3.05) is 20.1 Å². The van der Waals surface area contributed by atoms with E-state index < -0.39 is 0 Å². The lowest BCUT2D eigenvalue weighted by molar-refractivity contribution is -0.134. The number of hydrogen-bond acceptors (Lipinski definition) is 4. The molecule has 0 spiro atoms. The van der Waals surface area contributed by atoms with Crippen LogP contribution in [0.15, 0.2) is 59.0 Å². The standard InChI is InChI=1S/C29H32N2O4/c1-4-30(3)29(33)26-13-12-24(35-26)18-34-23-11-10-20-14-15-31(28(32)21-8-9-21)27(25(20)17-23)22-7-5-6-19(2)16-22/h5-7,10-13,16-17,21,27H,4,8-9,14-15,18H2,1-3H3/t27-/m1/s1. The summed E-state index contributed by atoms with van der Waals surface area (Å²) in [5, 5.41) is 0. The SMILES string of the molecule is CCN(C)C(=O)c1ccc(COc2ccc3c(c2)[C@@H](c2cccc(C)c2)N(C(=O)C2CC2)CC3)o1. The van der Waals surface area contributed by atoms with E-state index in [1.165, 1.54) is 11.1 Å². The van der Waals surface area contributed by atoms with Crippen molar-refractivity contribution >= 4 is 11.8 Å². The first kappa shape index (κ1) is 23.2.